The minimum absolute atomic E-state index is 0.0824. The van der Waals surface area contributed by atoms with Crippen molar-refractivity contribution in [2.75, 3.05) is 17.7 Å². The number of carbonyl (C=O) groups is 3. The van der Waals surface area contributed by atoms with E-state index in [1.807, 2.05) is 0 Å². The minimum atomic E-state index is -0.784. The van der Waals surface area contributed by atoms with Gasteiger partial charge in [0.2, 0.25) is 5.91 Å². The van der Waals surface area contributed by atoms with Gasteiger partial charge in [-0.3, -0.25) is 19.9 Å². The monoisotopic (exact) mass is 622 g/mol. The molecule has 0 saturated heterocycles. The molecule has 10 nitrogen and oxygen atoms in total. The Hall–Kier alpha value is -4.84. The zero-order valence-corrected chi connectivity index (χ0v) is 24.8. The highest BCUT2D eigenvalue weighted by atomic mass is 35.5. The predicted molar refractivity (Wildman–Crippen MR) is 161 cm³/mol. The summed E-state index contributed by atoms with van der Waals surface area (Å²) < 4.78 is 36.0. The van der Waals surface area contributed by atoms with Gasteiger partial charge in [-0.25, -0.2) is 18.3 Å². The Kier molecular flexibility index (Phi) is 8.91. The van der Waals surface area contributed by atoms with E-state index >= 15 is 4.39 Å². The van der Waals surface area contributed by atoms with Crippen molar-refractivity contribution in [3.63, 3.8) is 0 Å². The topological polar surface area (TPSA) is 127 Å². The van der Waals surface area contributed by atoms with E-state index in [4.69, 9.17) is 11.6 Å². The molecule has 0 spiro atoms. The van der Waals surface area contributed by atoms with Gasteiger partial charge in [0.1, 0.15) is 11.5 Å². The average Bonchev–Trinajstić information content (AvgIpc) is 3.38. The molecule has 1 unspecified atom stereocenters. The fraction of sp³-hybridized carbons (Fsp3) is 0.258. The van der Waals surface area contributed by atoms with Crippen molar-refractivity contribution in [2.24, 2.45) is 5.92 Å². The normalized spacial score (nSPS) is 16.5. The number of halogens is 3. The van der Waals surface area contributed by atoms with Crippen LogP contribution in [0.25, 0.3) is 16.9 Å². The van der Waals surface area contributed by atoms with Gasteiger partial charge in [0, 0.05) is 22.7 Å². The molecule has 2 aromatic heterocycles. The standard InChI is InChI=1S/C31H29ClF2N6O4/c1-16-6-4-8-24(38-30(42)21-14-36-40(17(21)2)27-9-5-7-22(32)28(27)34)20-13-25(35-15-23(20)33)19-11-10-18(37-31(43)44-3)12-26(19)39-29(16)41/h5,7,9-16,24H,4,6,8H2,1-3H3,(H,37,43)(H,38,42)(H,39,41)/t16-,24?/m0/s1. The van der Waals surface area contributed by atoms with Gasteiger partial charge < -0.3 is 15.4 Å². The number of nitrogens with zero attached hydrogens (tertiary/aromatic N) is 3. The van der Waals surface area contributed by atoms with E-state index in [1.165, 1.54) is 36.2 Å². The largest absolute Gasteiger partial charge is 0.453 e. The van der Waals surface area contributed by atoms with Crippen molar-refractivity contribution in [3.8, 4) is 16.9 Å². The summed E-state index contributed by atoms with van der Waals surface area (Å²) in [6.07, 6.45) is 2.97. The quantitative estimate of drug-likeness (QED) is 0.236. The van der Waals surface area contributed by atoms with Crippen LogP contribution in [-0.2, 0) is 9.53 Å². The first-order valence-corrected chi connectivity index (χ1v) is 14.2. The van der Waals surface area contributed by atoms with Gasteiger partial charge in [0.15, 0.2) is 5.82 Å². The minimum Gasteiger partial charge on any atom is -0.453 e. The summed E-state index contributed by atoms with van der Waals surface area (Å²) in [5, 5.41) is 12.5. The molecule has 0 fully saturated rings. The first-order valence-electron chi connectivity index (χ1n) is 13.8. The molecule has 3 N–H and O–H groups in total. The first-order chi connectivity index (χ1) is 21.1. The number of pyridine rings is 1. The molecule has 228 valence electrons. The van der Waals surface area contributed by atoms with Crippen LogP contribution in [0.5, 0.6) is 0 Å². The van der Waals surface area contributed by atoms with E-state index in [0.29, 0.717) is 47.6 Å². The number of aromatic nitrogens is 3. The van der Waals surface area contributed by atoms with Gasteiger partial charge in [0.25, 0.3) is 5.91 Å². The highest BCUT2D eigenvalue weighted by Crippen LogP contribution is 2.34. The molecule has 3 amide bonds. The molecule has 4 aromatic rings. The van der Waals surface area contributed by atoms with Gasteiger partial charge in [-0.1, -0.05) is 31.0 Å². The van der Waals surface area contributed by atoms with Crippen LogP contribution in [-0.4, -0.2) is 39.8 Å². The smallest absolute Gasteiger partial charge is 0.411 e. The number of hydrogen-bond acceptors (Lipinski definition) is 6. The van der Waals surface area contributed by atoms with Crippen LogP contribution in [0, 0.1) is 24.5 Å². The summed E-state index contributed by atoms with van der Waals surface area (Å²) in [6.45, 7) is 3.39. The van der Waals surface area contributed by atoms with Crippen LogP contribution in [0.1, 0.15) is 53.8 Å². The summed E-state index contributed by atoms with van der Waals surface area (Å²) in [4.78, 5) is 42.7. The average molecular weight is 623 g/mol. The Bertz CT molecular complexity index is 1760. The SMILES string of the molecule is COC(=O)Nc1ccc2c(c1)NC(=O)[C@@H](C)CCCC(NC(=O)c1cnn(-c3cccc(Cl)c3F)c1C)c1cc-2ncc1F. The van der Waals surface area contributed by atoms with E-state index in [2.05, 4.69) is 30.8 Å². The number of ether oxygens (including phenoxy) is 1. The number of fused-ring (bicyclic) bond motifs is 4. The Balaban J connectivity index is 1.51. The lowest BCUT2D eigenvalue weighted by atomic mass is 9.94. The molecule has 2 bridgehead atoms. The second-order valence-corrected chi connectivity index (χ2v) is 10.9. The lowest BCUT2D eigenvalue weighted by molar-refractivity contribution is -0.119. The lowest BCUT2D eigenvalue weighted by Gasteiger charge is -2.23. The van der Waals surface area contributed by atoms with Crippen molar-refractivity contribution in [2.45, 2.75) is 39.2 Å². The summed E-state index contributed by atoms with van der Waals surface area (Å²) in [5.74, 6) is -2.49. The Morgan fingerprint density at radius 3 is 2.70 bits per heavy atom. The molecule has 1 aliphatic heterocycles. The van der Waals surface area contributed by atoms with E-state index in [1.54, 1.807) is 38.1 Å². The third-order valence-electron chi connectivity index (χ3n) is 7.54. The van der Waals surface area contributed by atoms with E-state index in [9.17, 15) is 18.8 Å². The Morgan fingerprint density at radius 2 is 1.93 bits per heavy atom. The van der Waals surface area contributed by atoms with Crippen LogP contribution in [0.15, 0.2) is 54.9 Å². The van der Waals surface area contributed by atoms with Crippen LogP contribution >= 0.6 is 11.6 Å². The third-order valence-corrected chi connectivity index (χ3v) is 7.83. The number of methoxy groups -OCH3 is 1. The predicted octanol–water partition coefficient (Wildman–Crippen LogP) is 6.58. The fourth-order valence-electron chi connectivity index (χ4n) is 5.07. The first kappa shape index (κ1) is 30.6. The maximum atomic E-state index is 15.4. The van der Waals surface area contributed by atoms with Gasteiger partial charge >= 0.3 is 6.09 Å². The third kappa shape index (κ3) is 6.25. The molecular weight excluding hydrogens is 594 g/mol. The summed E-state index contributed by atoms with van der Waals surface area (Å²) in [5.41, 5.74) is 2.38. The van der Waals surface area contributed by atoms with Crippen LogP contribution in [0.2, 0.25) is 5.02 Å². The molecule has 13 heteroatoms. The maximum Gasteiger partial charge on any atom is 0.411 e. The van der Waals surface area contributed by atoms with Gasteiger partial charge in [-0.2, -0.15) is 5.10 Å². The number of nitrogens with one attached hydrogen (secondary N) is 3. The van der Waals surface area contributed by atoms with E-state index in [0.717, 1.165) is 6.20 Å². The zero-order chi connectivity index (χ0) is 31.5. The number of rotatable bonds is 4. The number of anilines is 2. The van der Waals surface area contributed by atoms with Crippen molar-refractivity contribution in [3.05, 3.63) is 88.3 Å². The highest BCUT2D eigenvalue weighted by Gasteiger charge is 2.26. The molecule has 0 radical (unpaired) electrons. The molecule has 44 heavy (non-hydrogen) atoms. The highest BCUT2D eigenvalue weighted by molar-refractivity contribution is 6.30. The van der Waals surface area contributed by atoms with Crippen molar-refractivity contribution in [1.82, 2.24) is 20.1 Å². The maximum absolute atomic E-state index is 15.4. The van der Waals surface area contributed by atoms with E-state index in [-0.39, 0.29) is 27.7 Å². The Morgan fingerprint density at radius 1 is 1.14 bits per heavy atom. The number of hydrogen-bond donors (Lipinski definition) is 3. The van der Waals surface area contributed by atoms with Crippen LogP contribution in [0.4, 0.5) is 25.0 Å². The molecular formula is C31H29ClF2N6O4. The number of benzene rings is 2. The molecule has 2 aromatic carbocycles. The molecule has 1 aliphatic rings. The van der Waals surface area contributed by atoms with Crippen molar-refractivity contribution in [1.29, 1.82) is 0 Å². The molecule has 0 saturated carbocycles. The van der Waals surface area contributed by atoms with Crippen molar-refractivity contribution < 1.29 is 27.9 Å². The van der Waals surface area contributed by atoms with Gasteiger partial charge in [0.05, 0.1) is 53.2 Å². The second-order valence-electron chi connectivity index (χ2n) is 10.4. The molecule has 5 rings (SSSR count). The van der Waals surface area contributed by atoms with Crippen LogP contribution in [0.3, 0.4) is 0 Å². The molecule has 2 atom stereocenters. The number of carbonyl (C=O) groups excluding carboxylic acids is 3. The zero-order valence-electron chi connectivity index (χ0n) is 24.1. The summed E-state index contributed by atoms with van der Waals surface area (Å²) in [6, 6.07) is 10.0. The van der Waals surface area contributed by atoms with E-state index < -0.39 is 35.6 Å². The van der Waals surface area contributed by atoms with Gasteiger partial charge in [-0.15, -0.1) is 0 Å². The van der Waals surface area contributed by atoms with Crippen LogP contribution < -0.4 is 16.0 Å². The van der Waals surface area contributed by atoms with Gasteiger partial charge in [-0.05, 0) is 56.2 Å². The number of amides is 3. The lowest BCUT2D eigenvalue weighted by Crippen LogP contribution is -2.30. The van der Waals surface area contributed by atoms with Crippen molar-refractivity contribution >= 4 is 40.9 Å². The molecule has 0 aliphatic carbocycles. The summed E-state index contributed by atoms with van der Waals surface area (Å²) in [7, 11) is 1.23. The molecule has 3 heterocycles. The second kappa shape index (κ2) is 12.8. The Labute approximate surface area is 256 Å². The summed E-state index contributed by atoms with van der Waals surface area (Å²) >= 11 is 5.94. The fourth-order valence-corrected chi connectivity index (χ4v) is 5.24.